The van der Waals surface area contributed by atoms with Crippen LogP contribution in [0.3, 0.4) is 0 Å². The molecular formula is C11H16N2O3. The summed E-state index contributed by atoms with van der Waals surface area (Å²) >= 11 is 0. The lowest BCUT2D eigenvalue weighted by molar-refractivity contribution is 0.136. The van der Waals surface area contributed by atoms with Crippen molar-refractivity contribution in [1.29, 1.82) is 0 Å². The summed E-state index contributed by atoms with van der Waals surface area (Å²) in [4.78, 5) is 0. The number of hydrogen-bond donors (Lipinski definition) is 3. The molecule has 0 amide bonds. The van der Waals surface area contributed by atoms with Gasteiger partial charge in [-0.2, -0.15) is 0 Å². The summed E-state index contributed by atoms with van der Waals surface area (Å²) in [5, 5.41) is 9.71. The summed E-state index contributed by atoms with van der Waals surface area (Å²) < 4.78 is 11.1. The highest BCUT2D eigenvalue weighted by atomic mass is 16.6. The number of nitrogens with one attached hydrogen (secondary N) is 1. The molecule has 0 saturated heterocycles. The van der Waals surface area contributed by atoms with E-state index in [1.807, 2.05) is 6.92 Å². The second-order valence-electron chi connectivity index (χ2n) is 3.58. The van der Waals surface area contributed by atoms with E-state index in [0.717, 1.165) is 29.0 Å². The SMILES string of the molecule is CCc1c([C@@H](O)NN)ccc2c1OCCO2. The van der Waals surface area contributed by atoms with Gasteiger partial charge in [0.2, 0.25) is 0 Å². The van der Waals surface area contributed by atoms with Gasteiger partial charge in [-0.25, -0.2) is 5.43 Å². The standard InChI is InChI=1S/C11H16N2O3/c1-2-7-8(11(14)13-12)3-4-9-10(7)16-6-5-15-9/h3-4,11,13-14H,2,5-6,12H2,1H3/t11-/m1/s1. The van der Waals surface area contributed by atoms with Crippen molar-refractivity contribution >= 4 is 0 Å². The first-order valence-corrected chi connectivity index (χ1v) is 5.33. The monoisotopic (exact) mass is 224 g/mol. The van der Waals surface area contributed by atoms with Crippen LogP contribution in [0.25, 0.3) is 0 Å². The Kier molecular flexibility index (Phi) is 3.28. The molecule has 5 nitrogen and oxygen atoms in total. The Morgan fingerprint density at radius 2 is 2.19 bits per heavy atom. The first-order chi connectivity index (χ1) is 7.77. The molecule has 4 N–H and O–H groups in total. The second-order valence-corrected chi connectivity index (χ2v) is 3.58. The van der Waals surface area contributed by atoms with E-state index < -0.39 is 6.23 Å². The van der Waals surface area contributed by atoms with Gasteiger partial charge in [0.05, 0.1) is 0 Å². The molecule has 0 bridgehead atoms. The van der Waals surface area contributed by atoms with Gasteiger partial charge >= 0.3 is 0 Å². The molecule has 88 valence electrons. The van der Waals surface area contributed by atoms with Crippen LogP contribution in [-0.2, 0) is 6.42 Å². The minimum absolute atomic E-state index is 0.537. The number of ether oxygens (including phenoxy) is 2. The molecule has 0 aliphatic carbocycles. The molecule has 1 heterocycles. The summed E-state index contributed by atoms with van der Waals surface area (Å²) in [7, 11) is 0. The van der Waals surface area contributed by atoms with Crippen LogP contribution >= 0.6 is 0 Å². The van der Waals surface area contributed by atoms with E-state index in [1.165, 1.54) is 0 Å². The molecule has 0 aromatic heterocycles. The van der Waals surface area contributed by atoms with Gasteiger partial charge in [-0.15, -0.1) is 0 Å². The number of benzene rings is 1. The van der Waals surface area contributed by atoms with Gasteiger partial charge in [0.1, 0.15) is 19.4 Å². The third-order valence-electron chi connectivity index (χ3n) is 2.65. The molecule has 0 spiro atoms. The lowest BCUT2D eigenvalue weighted by atomic mass is 10.0. The number of rotatable bonds is 3. The first kappa shape index (κ1) is 11.2. The molecule has 5 heteroatoms. The second kappa shape index (κ2) is 4.69. The number of fused-ring (bicyclic) bond motifs is 1. The third-order valence-corrected chi connectivity index (χ3v) is 2.65. The largest absolute Gasteiger partial charge is 0.486 e. The zero-order valence-corrected chi connectivity index (χ0v) is 9.19. The van der Waals surface area contributed by atoms with Gasteiger partial charge in [0.25, 0.3) is 0 Å². The van der Waals surface area contributed by atoms with Crippen LogP contribution in [0.5, 0.6) is 11.5 Å². The predicted octanol–water partition coefficient (Wildman–Crippen LogP) is 0.474. The highest BCUT2D eigenvalue weighted by Crippen LogP contribution is 2.37. The molecule has 0 unspecified atom stereocenters. The molecule has 0 fully saturated rings. The molecule has 1 atom stereocenters. The molecule has 1 aliphatic rings. The fourth-order valence-electron chi connectivity index (χ4n) is 1.90. The topological polar surface area (TPSA) is 76.7 Å². The van der Waals surface area contributed by atoms with E-state index in [-0.39, 0.29) is 0 Å². The zero-order chi connectivity index (χ0) is 11.5. The number of hydrazine groups is 1. The highest BCUT2D eigenvalue weighted by molar-refractivity contribution is 5.52. The van der Waals surface area contributed by atoms with Gasteiger partial charge in [0, 0.05) is 11.1 Å². The number of aliphatic hydroxyl groups excluding tert-OH is 1. The van der Waals surface area contributed by atoms with Gasteiger partial charge in [-0.05, 0) is 12.5 Å². The fourth-order valence-corrected chi connectivity index (χ4v) is 1.90. The lowest BCUT2D eigenvalue weighted by Crippen LogP contribution is -2.29. The summed E-state index contributed by atoms with van der Waals surface area (Å²) in [6, 6.07) is 3.60. The minimum atomic E-state index is -0.884. The molecule has 2 rings (SSSR count). The quantitative estimate of drug-likeness (QED) is 0.395. The van der Waals surface area contributed by atoms with Crippen LogP contribution in [0.15, 0.2) is 12.1 Å². The highest BCUT2D eigenvalue weighted by Gasteiger charge is 2.20. The van der Waals surface area contributed by atoms with Crippen molar-refractivity contribution in [1.82, 2.24) is 5.43 Å². The van der Waals surface area contributed by atoms with E-state index in [2.05, 4.69) is 5.43 Å². The third kappa shape index (κ3) is 1.84. The predicted molar refractivity (Wildman–Crippen MR) is 59.1 cm³/mol. The van der Waals surface area contributed by atoms with Gasteiger partial charge in [-0.1, -0.05) is 13.0 Å². The van der Waals surface area contributed by atoms with E-state index >= 15 is 0 Å². The van der Waals surface area contributed by atoms with E-state index in [0.29, 0.717) is 13.2 Å². The van der Waals surface area contributed by atoms with Crippen molar-refractivity contribution in [2.75, 3.05) is 13.2 Å². The smallest absolute Gasteiger partial charge is 0.164 e. The lowest BCUT2D eigenvalue weighted by Gasteiger charge is -2.24. The molecule has 16 heavy (non-hydrogen) atoms. The van der Waals surface area contributed by atoms with E-state index in [4.69, 9.17) is 15.3 Å². The fraction of sp³-hybridized carbons (Fsp3) is 0.455. The van der Waals surface area contributed by atoms with Gasteiger partial charge in [0.15, 0.2) is 11.5 Å². The van der Waals surface area contributed by atoms with E-state index in [1.54, 1.807) is 12.1 Å². The van der Waals surface area contributed by atoms with Crippen LogP contribution in [0.2, 0.25) is 0 Å². The van der Waals surface area contributed by atoms with Gasteiger partial charge < -0.3 is 14.6 Å². The average molecular weight is 224 g/mol. The van der Waals surface area contributed by atoms with Crippen molar-refractivity contribution in [2.24, 2.45) is 5.84 Å². The Morgan fingerprint density at radius 1 is 1.44 bits per heavy atom. The van der Waals surface area contributed by atoms with Crippen LogP contribution in [0.1, 0.15) is 24.3 Å². The molecule has 0 radical (unpaired) electrons. The summed E-state index contributed by atoms with van der Waals surface area (Å²) in [5.74, 6) is 6.69. The Hall–Kier alpha value is -1.30. The number of nitrogens with two attached hydrogens (primary N) is 1. The minimum Gasteiger partial charge on any atom is -0.486 e. The summed E-state index contributed by atoms with van der Waals surface area (Å²) in [6.45, 7) is 3.10. The maximum Gasteiger partial charge on any atom is 0.164 e. The van der Waals surface area contributed by atoms with Crippen molar-refractivity contribution in [3.05, 3.63) is 23.3 Å². The average Bonchev–Trinajstić information content (AvgIpc) is 2.36. The molecule has 1 aromatic rings. The Bertz CT molecular complexity index is 382. The van der Waals surface area contributed by atoms with Crippen molar-refractivity contribution in [2.45, 2.75) is 19.6 Å². The summed E-state index contributed by atoms with van der Waals surface area (Å²) in [5.41, 5.74) is 3.99. The Morgan fingerprint density at radius 3 is 2.88 bits per heavy atom. The van der Waals surface area contributed by atoms with Crippen molar-refractivity contribution < 1.29 is 14.6 Å². The number of hydrogen-bond acceptors (Lipinski definition) is 5. The summed E-state index contributed by atoms with van der Waals surface area (Å²) in [6.07, 6.45) is -0.133. The molecular weight excluding hydrogens is 208 g/mol. The van der Waals surface area contributed by atoms with Crippen LogP contribution in [0.4, 0.5) is 0 Å². The Balaban J connectivity index is 2.47. The first-order valence-electron chi connectivity index (χ1n) is 5.33. The molecule has 0 saturated carbocycles. The number of aliphatic hydroxyl groups is 1. The zero-order valence-electron chi connectivity index (χ0n) is 9.19. The van der Waals surface area contributed by atoms with Crippen LogP contribution < -0.4 is 20.7 Å². The van der Waals surface area contributed by atoms with Crippen molar-refractivity contribution in [3.8, 4) is 11.5 Å². The van der Waals surface area contributed by atoms with Crippen molar-refractivity contribution in [3.63, 3.8) is 0 Å². The maximum atomic E-state index is 9.71. The maximum absolute atomic E-state index is 9.71. The normalized spacial score (nSPS) is 15.9. The van der Waals surface area contributed by atoms with E-state index in [9.17, 15) is 5.11 Å². The van der Waals surface area contributed by atoms with Crippen LogP contribution in [0, 0.1) is 0 Å². The van der Waals surface area contributed by atoms with Gasteiger partial charge in [-0.3, -0.25) is 5.84 Å². The molecule has 1 aliphatic heterocycles. The Labute approximate surface area is 94.1 Å². The van der Waals surface area contributed by atoms with Crippen LogP contribution in [-0.4, -0.2) is 18.3 Å². The molecule has 1 aromatic carbocycles.